The molecule has 156 valence electrons. The fourth-order valence-electron chi connectivity index (χ4n) is 2.73. The molecule has 0 unspecified atom stereocenters. The van der Waals surface area contributed by atoms with Gasteiger partial charge in [-0.3, -0.25) is 14.4 Å². The number of anilines is 1. The lowest BCUT2D eigenvalue weighted by atomic mass is 10.0. The highest BCUT2D eigenvalue weighted by atomic mass is 19.4. The van der Waals surface area contributed by atoms with Crippen LogP contribution in [0.15, 0.2) is 41.3 Å². The molecular weight excluding hydrogens is 389 g/mol. The Hall–Kier alpha value is -3.10. The van der Waals surface area contributed by atoms with Crippen molar-refractivity contribution >= 4 is 17.6 Å². The molecule has 0 saturated carbocycles. The standard InChI is InChI=1S/C20H21F3N2O4/c1-3-13-6-5-7-14(4-2)19(13)24-16(26)12-29-18(28)11-25-10-15(20(21,22)23)8-9-17(25)27/h5-10H,3-4,11-12H2,1-2H3,(H,24,26). The molecule has 0 bridgehead atoms. The number of aromatic nitrogens is 1. The monoisotopic (exact) mass is 410 g/mol. The number of benzene rings is 1. The van der Waals surface area contributed by atoms with Gasteiger partial charge >= 0.3 is 12.1 Å². The largest absolute Gasteiger partial charge is 0.454 e. The Kier molecular flexibility index (Phi) is 7.19. The van der Waals surface area contributed by atoms with Crippen molar-refractivity contribution in [2.45, 2.75) is 39.4 Å². The Morgan fingerprint density at radius 2 is 1.69 bits per heavy atom. The molecule has 0 aliphatic carbocycles. The number of carbonyl (C=O) groups excluding carboxylic acids is 2. The Morgan fingerprint density at radius 3 is 2.24 bits per heavy atom. The molecule has 9 heteroatoms. The predicted octanol–water partition coefficient (Wildman–Crippen LogP) is 3.17. The zero-order valence-corrected chi connectivity index (χ0v) is 16.0. The number of carbonyl (C=O) groups is 2. The minimum Gasteiger partial charge on any atom is -0.454 e. The Morgan fingerprint density at radius 1 is 1.07 bits per heavy atom. The maximum atomic E-state index is 12.7. The van der Waals surface area contributed by atoms with E-state index in [-0.39, 0.29) is 0 Å². The number of hydrogen-bond acceptors (Lipinski definition) is 4. The van der Waals surface area contributed by atoms with Crippen molar-refractivity contribution in [2.24, 2.45) is 0 Å². The SMILES string of the molecule is CCc1cccc(CC)c1NC(=O)COC(=O)Cn1cc(C(F)(F)F)ccc1=O. The Labute approximate surface area is 165 Å². The second-order valence-corrected chi connectivity index (χ2v) is 6.25. The number of halogens is 3. The van der Waals surface area contributed by atoms with Crippen LogP contribution in [0, 0.1) is 0 Å². The van der Waals surface area contributed by atoms with Crippen LogP contribution in [0.2, 0.25) is 0 Å². The van der Waals surface area contributed by atoms with Gasteiger partial charge < -0.3 is 14.6 Å². The molecule has 1 N–H and O–H groups in total. The van der Waals surface area contributed by atoms with Gasteiger partial charge in [0.15, 0.2) is 6.61 Å². The topological polar surface area (TPSA) is 77.4 Å². The number of para-hydroxylation sites is 1. The van der Waals surface area contributed by atoms with Gasteiger partial charge in [0, 0.05) is 18.0 Å². The summed E-state index contributed by atoms with van der Waals surface area (Å²) in [5, 5.41) is 2.71. The molecule has 0 atom stereocenters. The van der Waals surface area contributed by atoms with Crippen LogP contribution in [0.1, 0.15) is 30.5 Å². The fraction of sp³-hybridized carbons (Fsp3) is 0.350. The lowest BCUT2D eigenvalue weighted by Gasteiger charge is -2.14. The van der Waals surface area contributed by atoms with Crippen LogP contribution >= 0.6 is 0 Å². The van der Waals surface area contributed by atoms with E-state index >= 15 is 0 Å². The summed E-state index contributed by atoms with van der Waals surface area (Å²) in [5.41, 5.74) is 0.668. The summed E-state index contributed by atoms with van der Waals surface area (Å²) in [5.74, 6) is -1.58. The van der Waals surface area contributed by atoms with Crippen LogP contribution in [-0.2, 0) is 39.9 Å². The number of ether oxygens (including phenoxy) is 1. The van der Waals surface area contributed by atoms with E-state index in [0.29, 0.717) is 35.4 Å². The van der Waals surface area contributed by atoms with E-state index in [1.54, 1.807) is 0 Å². The number of alkyl halides is 3. The second kappa shape index (κ2) is 9.40. The van der Waals surface area contributed by atoms with Gasteiger partial charge in [-0.05, 0) is 30.0 Å². The van der Waals surface area contributed by atoms with Gasteiger partial charge in [-0.25, -0.2) is 0 Å². The number of rotatable bonds is 7. The molecule has 0 saturated heterocycles. The smallest absolute Gasteiger partial charge is 0.417 e. The highest BCUT2D eigenvalue weighted by Crippen LogP contribution is 2.28. The predicted molar refractivity (Wildman–Crippen MR) is 100 cm³/mol. The normalized spacial score (nSPS) is 11.2. The molecule has 1 aromatic carbocycles. The van der Waals surface area contributed by atoms with Gasteiger partial charge in [-0.2, -0.15) is 13.2 Å². The molecular formula is C20H21F3N2O4. The van der Waals surface area contributed by atoms with E-state index in [2.05, 4.69) is 5.32 Å². The number of hydrogen-bond donors (Lipinski definition) is 1. The highest BCUT2D eigenvalue weighted by molar-refractivity contribution is 5.94. The zero-order valence-electron chi connectivity index (χ0n) is 16.0. The first-order valence-electron chi connectivity index (χ1n) is 8.99. The average molecular weight is 410 g/mol. The average Bonchev–Trinajstić information content (AvgIpc) is 2.67. The summed E-state index contributed by atoms with van der Waals surface area (Å²) in [4.78, 5) is 35.7. The molecule has 0 radical (unpaired) electrons. The lowest BCUT2D eigenvalue weighted by molar-refractivity contribution is -0.148. The van der Waals surface area contributed by atoms with Gasteiger partial charge in [0.1, 0.15) is 6.54 Å². The third-order valence-electron chi connectivity index (χ3n) is 4.24. The van der Waals surface area contributed by atoms with Crippen LogP contribution in [0.25, 0.3) is 0 Å². The maximum Gasteiger partial charge on any atom is 0.417 e. The number of nitrogens with zero attached hydrogens (tertiary/aromatic N) is 1. The zero-order chi connectivity index (χ0) is 21.6. The molecule has 2 rings (SSSR count). The third-order valence-corrected chi connectivity index (χ3v) is 4.24. The Bertz CT molecular complexity index is 929. The van der Waals surface area contributed by atoms with Gasteiger partial charge in [-0.1, -0.05) is 32.0 Å². The number of nitrogens with one attached hydrogen (secondary N) is 1. The molecule has 0 fully saturated rings. The second-order valence-electron chi connectivity index (χ2n) is 6.25. The van der Waals surface area contributed by atoms with Crippen LogP contribution in [0.3, 0.4) is 0 Å². The minimum atomic E-state index is -4.65. The third kappa shape index (κ3) is 5.94. The minimum absolute atomic E-state index is 0.536. The molecule has 0 spiro atoms. The first kappa shape index (κ1) is 22.2. The van der Waals surface area contributed by atoms with E-state index in [4.69, 9.17) is 4.74 Å². The van der Waals surface area contributed by atoms with Crippen LogP contribution in [-0.4, -0.2) is 23.1 Å². The lowest BCUT2D eigenvalue weighted by Crippen LogP contribution is -2.28. The first-order chi connectivity index (χ1) is 13.7. The van der Waals surface area contributed by atoms with Crippen molar-refractivity contribution in [2.75, 3.05) is 11.9 Å². The van der Waals surface area contributed by atoms with Crippen molar-refractivity contribution in [1.29, 1.82) is 0 Å². The van der Waals surface area contributed by atoms with E-state index < -0.39 is 42.3 Å². The molecule has 29 heavy (non-hydrogen) atoms. The summed E-state index contributed by atoms with van der Waals surface area (Å²) >= 11 is 0. The number of esters is 1. The van der Waals surface area contributed by atoms with Crippen molar-refractivity contribution in [3.63, 3.8) is 0 Å². The summed E-state index contributed by atoms with van der Waals surface area (Å²) in [6.07, 6.45) is -2.72. The van der Waals surface area contributed by atoms with E-state index in [1.807, 2.05) is 32.0 Å². The molecule has 2 aromatic rings. The van der Waals surface area contributed by atoms with E-state index in [1.165, 1.54) is 0 Å². The Balaban J connectivity index is 2.00. The van der Waals surface area contributed by atoms with Crippen molar-refractivity contribution in [3.05, 3.63) is 63.6 Å². The molecule has 1 aromatic heterocycles. The molecule has 0 aliphatic heterocycles. The highest BCUT2D eigenvalue weighted by Gasteiger charge is 2.31. The van der Waals surface area contributed by atoms with Crippen LogP contribution in [0.5, 0.6) is 0 Å². The van der Waals surface area contributed by atoms with Gasteiger partial charge in [0.25, 0.3) is 11.5 Å². The number of pyridine rings is 1. The maximum absolute atomic E-state index is 12.7. The number of aryl methyl sites for hydroxylation is 2. The van der Waals surface area contributed by atoms with Crippen LogP contribution in [0.4, 0.5) is 18.9 Å². The summed E-state index contributed by atoms with van der Waals surface area (Å²) < 4.78 is 43.6. The number of amides is 1. The van der Waals surface area contributed by atoms with E-state index in [0.717, 1.165) is 17.2 Å². The summed E-state index contributed by atoms with van der Waals surface area (Å²) in [7, 11) is 0. The van der Waals surface area contributed by atoms with Gasteiger partial charge in [0.2, 0.25) is 0 Å². The fourth-order valence-corrected chi connectivity index (χ4v) is 2.73. The van der Waals surface area contributed by atoms with Gasteiger partial charge in [0.05, 0.1) is 5.56 Å². The van der Waals surface area contributed by atoms with Crippen molar-refractivity contribution in [3.8, 4) is 0 Å². The summed E-state index contributed by atoms with van der Waals surface area (Å²) in [6.45, 7) is 2.53. The quantitative estimate of drug-likeness (QED) is 0.712. The first-order valence-corrected chi connectivity index (χ1v) is 8.99. The van der Waals surface area contributed by atoms with Crippen molar-refractivity contribution < 1.29 is 27.5 Å². The molecule has 1 heterocycles. The molecule has 1 amide bonds. The summed E-state index contributed by atoms with van der Waals surface area (Å²) in [6, 6.07) is 6.99. The molecule has 6 nitrogen and oxygen atoms in total. The van der Waals surface area contributed by atoms with Gasteiger partial charge in [-0.15, -0.1) is 0 Å². The van der Waals surface area contributed by atoms with Crippen molar-refractivity contribution in [1.82, 2.24) is 4.57 Å². The van der Waals surface area contributed by atoms with E-state index in [9.17, 15) is 27.6 Å². The van der Waals surface area contributed by atoms with Crippen LogP contribution < -0.4 is 10.9 Å². The molecule has 0 aliphatic rings.